The van der Waals surface area contributed by atoms with Gasteiger partial charge < -0.3 is 15.6 Å². The number of aryl methyl sites for hydroxylation is 1. The van der Waals surface area contributed by atoms with E-state index in [2.05, 4.69) is 4.98 Å². The predicted molar refractivity (Wildman–Crippen MR) is 82.4 cm³/mol. The number of para-hydroxylation sites is 1. The van der Waals surface area contributed by atoms with E-state index in [0.29, 0.717) is 13.1 Å². The number of carbonyl (C=O) groups is 1. The number of nitrogens with two attached hydrogens (primary N) is 1. The third-order valence-corrected chi connectivity index (χ3v) is 4.14. The van der Waals surface area contributed by atoms with Gasteiger partial charge in [0.1, 0.15) is 5.56 Å². The molecule has 110 valence electrons. The lowest BCUT2D eigenvalue weighted by molar-refractivity contribution is 0.0706. The molecular weight excluding hydrogens is 266 g/mol. The SMILES string of the molecule is Cc1c(C(=O)N2CCCC(N)C2)c(=O)[nH]c2ccccc12. The van der Waals surface area contributed by atoms with Crippen LogP contribution < -0.4 is 11.3 Å². The van der Waals surface area contributed by atoms with E-state index in [1.54, 1.807) is 4.90 Å². The van der Waals surface area contributed by atoms with Crippen LogP contribution in [0.1, 0.15) is 28.8 Å². The Bertz CT molecular complexity index is 751. The van der Waals surface area contributed by atoms with Crippen LogP contribution in [0, 0.1) is 6.92 Å². The van der Waals surface area contributed by atoms with Crippen LogP contribution in [0.2, 0.25) is 0 Å². The lowest BCUT2D eigenvalue weighted by Crippen LogP contribution is -2.47. The summed E-state index contributed by atoms with van der Waals surface area (Å²) in [5.41, 5.74) is 7.33. The Balaban J connectivity index is 2.07. The number of aromatic nitrogens is 1. The highest BCUT2D eigenvalue weighted by molar-refractivity contribution is 5.99. The number of hydrogen-bond acceptors (Lipinski definition) is 3. The molecule has 3 rings (SSSR count). The molecule has 3 N–H and O–H groups in total. The number of amides is 1. The minimum Gasteiger partial charge on any atom is -0.337 e. The lowest BCUT2D eigenvalue weighted by Gasteiger charge is -2.31. The molecule has 1 aliphatic rings. The van der Waals surface area contributed by atoms with E-state index in [9.17, 15) is 9.59 Å². The number of hydrogen-bond donors (Lipinski definition) is 2. The van der Waals surface area contributed by atoms with Gasteiger partial charge in [0.25, 0.3) is 11.5 Å². The van der Waals surface area contributed by atoms with E-state index >= 15 is 0 Å². The average Bonchev–Trinajstić information content (AvgIpc) is 2.47. The summed E-state index contributed by atoms with van der Waals surface area (Å²) in [6.07, 6.45) is 1.81. The van der Waals surface area contributed by atoms with Crippen molar-refractivity contribution < 1.29 is 4.79 Å². The van der Waals surface area contributed by atoms with Gasteiger partial charge in [-0.05, 0) is 31.4 Å². The maximum absolute atomic E-state index is 12.7. The van der Waals surface area contributed by atoms with Gasteiger partial charge in [0.2, 0.25) is 0 Å². The summed E-state index contributed by atoms with van der Waals surface area (Å²) in [5, 5.41) is 0.904. The molecule has 0 spiro atoms. The Morgan fingerprint density at radius 2 is 2.14 bits per heavy atom. The fraction of sp³-hybridized carbons (Fsp3) is 0.375. The number of nitrogens with zero attached hydrogens (tertiary/aromatic N) is 1. The summed E-state index contributed by atoms with van der Waals surface area (Å²) < 4.78 is 0. The van der Waals surface area contributed by atoms with Crippen LogP contribution in [-0.2, 0) is 0 Å². The molecule has 1 amide bonds. The van der Waals surface area contributed by atoms with Crippen LogP contribution in [0.5, 0.6) is 0 Å². The van der Waals surface area contributed by atoms with Gasteiger partial charge in [0.15, 0.2) is 0 Å². The van der Waals surface area contributed by atoms with Gasteiger partial charge in [0.05, 0.1) is 0 Å². The summed E-state index contributed by atoms with van der Waals surface area (Å²) in [4.78, 5) is 29.5. The number of pyridine rings is 1. The summed E-state index contributed by atoms with van der Waals surface area (Å²) in [6.45, 7) is 3.01. The molecule has 1 saturated heterocycles. The number of nitrogens with one attached hydrogen (secondary N) is 1. The number of piperidine rings is 1. The molecule has 1 aromatic carbocycles. The van der Waals surface area contributed by atoms with Crippen molar-refractivity contribution in [1.29, 1.82) is 0 Å². The van der Waals surface area contributed by atoms with Crippen molar-refractivity contribution in [2.75, 3.05) is 13.1 Å². The fourth-order valence-corrected chi connectivity index (χ4v) is 3.02. The zero-order chi connectivity index (χ0) is 15.0. The van der Waals surface area contributed by atoms with Crippen LogP contribution in [0.25, 0.3) is 10.9 Å². The first-order valence-corrected chi connectivity index (χ1v) is 7.24. The third kappa shape index (κ3) is 2.45. The Morgan fingerprint density at radius 3 is 2.90 bits per heavy atom. The van der Waals surface area contributed by atoms with Crippen molar-refractivity contribution in [2.24, 2.45) is 5.73 Å². The van der Waals surface area contributed by atoms with E-state index in [1.807, 2.05) is 31.2 Å². The number of fused-ring (bicyclic) bond motifs is 1. The second-order valence-corrected chi connectivity index (χ2v) is 5.65. The summed E-state index contributed by atoms with van der Waals surface area (Å²) >= 11 is 0. The van der Waals surface area contributed by atoms with E-state index in [4.69, 9.17) is 5.73 Å². The number of carbonyl (C=O) groups excluding carboxylic acids is 1. The van der Waals surface area contributed by atoms with Crippen molar-refractivity contribution in [3.63, 3.8) is 0 Å². The molecule has 1 fully saturated rings. The van der Waals surface area contributed by atoms with E-state index in [0.717, 1.165) is 29.3 Å². The molecular formula is C16H19N3O2. The summed E-state index contributed by atoms with van der Waals surface area (Å²) in [6, 6.07) is 7.53. The molecule has 0 bridgehead atoms. The summed E-state index contributed by atoms with van der Waals surface area (Å²) in [5.74, 6) is -0.213. The molecule has 1 aliphatic heterocycles. The second-order valence-electron chi connectivity index (χ2n) is 5.65. The molecule has 0 radical (unpaired) electrons. The maximum atomic E-state index is 12.7. The van der Waals surface area contributed by atoms with Crippen LogP contribution in [0.15, 0.2) is 29.1 Å². The van der Waals surface area contributed by atoms with Crippen LogP contribution in [0.4, 0.5) is 0 Å². The number of likely N-dealkylation sites (tertiary alicyclic amines) is 1. The zero-order valence-electron chi connectivity index (χ0n) is 12.1. The first-order valence-electron chi connectivity index (χ1n) is 7.24. The Labute approximate surface area is 122 Å². The van der Waals surface area contributed by atoms with Crippen molar-refractivity contribution in [3.05, 3.63) is 45.7 Å². The van der Waals surface area contributed by atoms with Crippen molar-refractivity contribution in [3.8, 4) is 0 Å². The number of aromatic amines is 1. The van der Waals surface area contributed by atoms with Crippen molar-refractivity contribution >= 4 is 16.8 Å². The van der Waals surface area contributed by atoms with Crippen molar-refractivity contribution in [2.45, 2.75) is 25.8 Å². The molecule has 1 atom stereocenters. The van der Waals surface area contributed by atoms with Crippen LogP contribution >= 0.6 is 0 Å². The minimum atomic E-state index is -0.324. The molecule has 0 saturated carbocycles. The first kappa shape index (κ1) is 13.8. The molecule has 5 nitrogen and oxygen atoms in total. The normalized spacial score (nSPS) is 19.0. The third-order valence-electron chi connectivity index (χ3n) is 4.14. The van der Waals surface area contributed by atoms with Gasteiger partial charge in [-0.25, -0.2) is 0 Å². The van der Waals surface area contributed by atoms with Crippen LogP contribution in [-0.4, -0.2) is 34.9 Å². The quantitative estimate of drug-likeness (QED) is 0.831. The molecule has 1 aromatic heterocycles. The van der Waals surface area contributed by atoms with Gasteiger partial charge in [-0.3, -0.25) is 9.59 Å². The van der Waals surface area contributed by atoms with Gasteiger partial charge >= 0.3 is 0 Å². The van der Waals surface area contributed by atoms with E-state index in [-0.39, 0.29) is 23.1 Å². The standard InChI is InChI=1S/C16H19N3O2/c1-10-12-6-2-3-7-13(12)18-15(20)14(10)16(21)19-8-4-5-11(17)9-19/h2-3,6-7,11H,4-5,8-9,17H2,1H3,(H,18,20). The van der Waals surface area contributed by atoms with Crippen molar-refractivity contribution in [1.82, 2.24) is 9.88 Å². The smallest absolute Gasteiger partial charge is 0.261 e. The monoisotopic (exact) mass is 285 g/mol. The second kappa shape index (κ2) is 5.33. The highest BCUT2D eigenvalue weighted by Gasteiger charge is 2.26. The lowest BCUT2D eigenvalue weighted by atomic mass is 10.0. The maximum Gasteiger partial charge on any atom is 0.261 e. The molecule has 0 aliphatic carbocycles. The number of H-pyrrole nitrogens is 1. The van der Waals surface area contributed by atoms with Gasteiger partial charge in [0, 0.05) is 30.0 Å². The minimum absolute atomic E-state index is 0.00236. The largest absolute Gasteiger partial charge is 0.337 e. The van der Waals surface area contributed by atoms with Crippen LogP contribution in [0.3, 0.4) is 0 Å². The van der Waals surface area contributed by atoms with E-state index in [1.165, 1.54) is 0 Å². The highest BCUT2D eigenvalue weighted by atomic mass is 16.2. The van der Waals surface area contributed by atoms with Gasteiger partial charge in [-0.2, -0.15) is 0 Å². The molecule has 2 aromatic rings. The fourth-order valence-electron chi connectivity index (χ4n) is 3.02. The Hall–Kier alpha value is -2.14. The summed E-state index contributed by atoms with van der Waals surface area (Å²) in [7, 11) is 0. The average molecular weight is 285 g/mol. The molecule has 21 heavy (non-hydrogen) atoms. The predicted octanol–water partition coefficient (Wildman–Crippen LogP) is 1.40. The topological polar surface area (TPSA) is 79.2 Å². The number of benzene rings is 1. The van der Waals surface area contributed by atoms with Gasteiger partial charge in [-0.1, -0.05) is 18.2 Å². The van der Waals surface area contributed by atoms with Gasteiger partial charge in [-0.15, -0.1) is 0 Å². The highest BCUT2D eigenvalue weighted by Crippen LogP contribution is 2.19. The number of rotatable bonds is 1. The molecule has 2 heterocycles. The first-order chi connectivity index (χ1) is 10.1. The van der Waals surface area contributed by atoms with E-state index < -0.39 is 0 Å². The Kier molecular flexibility index (Phi) is 3.51. The Morgan fingerprint density at radius 1 is 1.38 bits per heavy atom. The molecule has 5 heteroatoms. The molecule has 1 unspecified atom stereocenters. The zero-order valence-corrected chi connectivity index (χ0v) is 12.1.